The smallest absolute Gasteiger partial charge is 0.264 e. The fourth-order valence-corrected chi connectivity index (χ4v) is 2.32. The number of fused-ring (bicyclic) bond motifs is 1. The van der Waals surface area contributed by atoms with Gasteiger partial charge in [-0.3, -0.25) is 9.78 Å². The van der Waals surface area contributed by atoms with Crippen LogP contribution in [0.25, 0.3) is 16.9 Å². The molecule has 0 saturated heterocycles. The molecule has 0 saturated carbocycles. The van der Waals surface area contributed by atoms with Gasteiger partial charge < -0.3 is 10.0 Å². The molecule has 0 aliphatic carbocycles. The molecule has 8 heteroatoms. The third-order valence-electron chi connectivity index (χ3n) is 3.75. The molecule has 0 atom stereocenters. The molecule has 8 nitrogen and oxygen atoms in total. The lowest BCUT2D eigenvalue weighted by molar-refractivity contribution is 0.321. The van der Waals surface area contributed by atoms with Gasteiger partial charge in [-0.1, -0.05) is 56.2 Å². The van der Waals surface area contributed by atoms with E-state index < -0.39 is 5.56 Å². The van der Waals surface area contributed by atoms with Crippen molar-refractivity contribution < 1.29 is 5.11 Å². The van der Waals surface area contributed by atoms with E-state index in [4.69, 9.17) is 0 Å². The standard InChI is InChI=1S/C10H7N5O2.C6H15N/c16-8-7(6-4-2-1-3-5-6)9(17)15-10(11-8)12-13-14-15;1-4-7(5-2)6-3/h1-5,17H,(H,11,12,14,16);4-6H2,1-3H3. The van der Waals surface area contributed by atoms with Crippen LogP contribution in [-0.4, -0.2) is 54.7 Å². The Balaban J connectivity index is 0.000000256. The Kier molecular flexibility index (Phi) is 6.02. The number of aromatic amines is 1. The quantitative estimate of drug-likeness (QED) is 0.752. The van der Waals surface area contributed by atoms with Crippen LogP contribution in [0.1, 0.15) is 20.8 Å². The average molecular weight is 330 g/mol. The number of aromatic nitrogens is 5. The van der Waals surface area contributed by atoms with Crippen LogP contribution in [0.15, 0.2) is 35.1 Å². The summed E-state index contributed by atoms with van der Waals surface area (Å²) >= 11 is 0. The third kappa shape index (κ3) is 3.77. The summed E-state index contributed by atoms with van der Waals surface area (Å²) in [5, 5.41) is 20.5. The minimum absolute atomic E-state index is 0.104. The highest BCUT2D eigenvalue weighted by molar-refractivity contribution is 5.68. The lowest BCUT2D eigenvalue weighted by Gasteiger charge is -2.13. The number of benzene rings is 1. The molecule has 0 aliphatic rings. The van der Waals surface area contributed by atoms with Crippen molar-refractivity contribution in [2.45, 2.75) is 20.8 Å². The van der Waals surface area contributed by atoms with Crippen LogP contribution in [0.2, 0.25) is 0 Å². The minimum Gasteiger partial charge on any atom is -0.493 e. The first-order valence-corrected chi connectivity index (χ1v) is 7.93. The van der Waals surface area contributed by atoms with E-state index in [0.29, 0.717) is 5.56 Å². The van der Waals surface area contributed by atoms with Crippen molar-refractivity contribution in [3.8, 4) is 17.0 Å². The van der Waals surface area contributed by atoms with Gasteiger partial charge in [-0.2, -0.15) is 0 Å². The normalized spacial score (nSPS) is 10.7. The topological polar surface area (TPSA) is 99.4 Å². The minimum atomic E-state index is -0.434. The molecule has 1 aromatic carbocycles. The summed E-state index contributed by atoms with van der Waals surface area (Å²) in [6.07, 6.45) is 0. The Bertz CT molecular complexity index is 818. The largest absolute Gasteiger partial charge is 0.493 e. The maximum atomic E-state index is 11.8. The molecule has 0 amide bonds. The van der Waals surface area contributed by atoms with Gasteiger partial charge in [0.1, 0.15) is 5.56 Å². The fourth-order valence-electron chi connectivity index (χ4n) is 2.32. The molecular weight excluding hydrogens is 308 g/mol. The second-order valence-corrected chi connectivity index (χ2v) is 5.05. The number of nitrogens with one attached hydrogen (secondary N) is 1. The van der Waals surface area contributed by atoms with Crippen LogP contribution in [0.5, 0.6) is 5.88 Å². The van der Waals surface area contributed by atoms with Gasteiger partial charge >= 0.3 is 0 Å². The first kappa shape index (κ1) is 17.6. The van der Waals surface area contributed by atoms with Crippen molar-refractivity contribution in [3.05, 3.63) is 40.7 Å². The number of hydrogen-bond acceptors (Lipinski definition) is 6. The average Bonchev–Trinajstić information content (AvgIpc) is 3.07. The van der Waals surface area contributed by atoms with Crippen molar-refractivity contribution in [2.75, 3.05) is 19.6 Å². The second kappa shape index (κ2) is 8.21. The molecule has 3 rings (SSSR count). The molecule has 0 bridgehead atoms. The number of tetrazole rings is 1. The molecule has 2 N–H and O–H groups in total. The van der Waals surface area contributed by atoms with Gasteiger partial charge in [-0.15, -0.1) is 4.52 Å². The van der Waals surface area contributed by atoms with Crippen molar-refractivity contribution in [1.82, 2.24) is 29.9 Å². The van der Waals surface area contributed by atoms with Crippen LogP contribution < -0.4 is 5.56 Å². The van der Waals surface area contributed by atoms with Gasteiger partial charge in [-0.25, -0.2) is 0 Å². The van der Waals surface area contributed by atoms with Gasteiger partial charge in [0.05, 0.1) is 0 Å². The van der Waals surface area contributed by atoms with E-state index in [1.165, 1.54) is 19.6 Å². The molecule has 2 heterocycles. The van der Waals surface area contributed by atoms with Crippen LogP contribution in [0.4, 0.5) is 0 Å². The summed E-state index contributed by atoms with van der Waals surface area (Å²) in [6, 6.07) is 8.82. The highest BCUT2D eigenvalue weighted by Crippen LogP contribution is 2.23. The highest BCUT2D eigenvalue weighted by atomic mass is 16.3. The molecule has 3 aromatic rings. The molecule has 128 valence electrons. The Morgan fingerprint density at radius 3 is 2.29 bits per heavy atom. The van der Waals surface area contributed by atoms with Crippen molar-refractivity contribution >= 4 is 5.78 Å². The first-order chi connectivity index (χ1) is 11.6. The molecule has 2 aromatic heterocycles. The number of aromatic hydroxyl groups is 1. The van der Waals surface area contributed by atoms with Crippen LogP contribution in [0.3, 0.4) is 0 Å². The van der Waals surface area contributed by atoms with Crippen LogP contribution in [-0.2, 0) is 0 Å². The molecule has 0 aliphatic heterocycles. The lowest BCUT2D eigenvalue weighted by Crippen LogP contribution is -2.21. The summed E-state index contributed by atoms with van der Waals surface area (Å²) in [5.74, 6) is -0.174. The van der Waals surface area contributed by atoms with Crippen molar-refractivity contribution in [1.29, 1.82) is 0 Å². The van der Waals surface area contributed by atoms with Crippen LogP contribution >= 0.6 is 0 Å². The zero-order valence-electron chi connectivity index (χ0n) is 14.1. The van der Waals surface area contributed by atoms with E-state index in [0.717, 1.165) is 4.52 Å². The predicted octanol–water partition coefficient (Wildman–Crippen LogP) is 1.53. The van der Waals surface area contributed by atoms with Crippen molar-refractivity contribution in [2.24, 2.45) is 0 Å². The zero-order valence-corrected chi connectivity index (χ0v) is 14.1. The van der Waals surface area contributed by atoms with E-state index in [1.807, 2.05) is 6.07 Å². The Morgan fingerprint density at radius 2 is 1.75 bits per heavy atom. The van der Waals surface area contributed by atoms with Gasteiger partial charge in [0.25, 0.3) is 11.3 Å². The fraction of sp³-hybridized carbons (Fsp3) is 0.375. The summed E-state index contributed by atoms with van der Waals surface area (Å²) < 4.78 is 1.07. The predicted molar refractivity (Wildman–Crippen MR) is 92.0 cm³/mol. The summed E-state index contributed by atoms with van der Waals surface area (Å²) in [6.45, 7) is 10.1. The van der Waals surface area contributed by atoms with E-state index in [1.54, 1.807) is 24.3 Å². The van der Waals surface area contributed by atoms with Gasteiger partial charge in [0.15, 0.2) is 0 Å². The van der Waals surface area contributed by atoms with E-state index in [9.17, 15) is 9.90 Å². The maximum Gasteiger partial charge on any atom is 0.264 e. The molecule has 24 heavy (non-hydrogen) atoms. The SMILES string of the molecule is CCN(CC)CC.O=c1[nH]c2nnnn2c(O)c1-c1ccccc1. The first-order valence-electron chi connectivity index (χ1n) is 7.93. The Labute approximate surface area is 139 Å². The molecular formula is C16H22N6O2. The van der Waals surface area contributed by atoms with Gasteiger partial charge in [0.2, 0.25) is 5.88 Å². The molecule has 0 unspecified atom stereocenters. The van der Waals surface area contributed by atoms with E-state index in [-0.39, 0.29) is 17.2 Å². The number of H-pyrrole nitrogens is 1. The monoisotopic (exact) mass is 330 g/mol. The number of nitrogens with zero attached hydrogens (tertiary/aromatic N) is 5. The summed E-state index contributed by atoms with van der Waals surface area (Å²) in [4.78, 5) is 16.7. The number of hydrogen-bond donors (Lipinski definition) is 2. The molecule has 0 spiro atoms. The summed E-state index contributed by atoms with van der Waals surface area (Å²) in [5.41, 5.74) is 0.310. The van der Waals surface area contributed by atoms with E-state index >= 15 is 0 Å². The summed E-state index contributed by atoms with van der Waals surface area (Å²) in [7, 11) is 0. The number of rotatable bonds is 4. The molecule has 0 fully saturated rings. The van der Waals surface area contributed by atoms with Crippen LogP contribution in [0, 0.1) is 0 Å². The second-order valence-electron chi connectivity index (χ2n) is 5.05. The highest BCUT2D eigenvalue weighted by Gasteiger charge is 2.15. The van der Waals surface area contributed by atoms with E-state index in [2.05, 4.69) is 46.2 Å². The van der Waals surface area contributed by atoms with Gasteiger partial charge in [-0.05, 0) is 35.6 Å². The van der Waals surface area contributed by atoms with Gasteiger partial charge in [0, 0.05) is 0 Å². The lowest BCUT2D eigenvalue weighted by atomic mass is 10.1. The zero-order chi connectivity index (χ0) is 17.5. The Hall–Kier alpha value is -2.74. The third-order valence-corrected chi connectivity index (χ3v) is 3.75. The molecule has 0 radical (unpaired) electrons. The maximum absolute atomic E-state index is 11.8. The Morgan fingerprint density at radius 1 is 1.12 bits per heavy atom. The van der Waals surface area contributed by atoms with Crippen molar-refractivity contribution in [3.63, 3.8) is 0 Å².